The van der Waals surface area contributed by atoms with E-state index in [-0.39, 0.29) is 28.2 Å². The molecule has 0 radical (unpaired) electrons. The lowest BCUT2D eigenvalue weighted by atomic mass is 10.0. The highest BCUT2D eigenvalue weighted by Gasteiger charge is 2.54. The third-order valence-corrected chi connectivity index (χ3v) is 6.07. The summed E-state index contributed by atoms with van der Waals surface area (Å²) in [5.74, 6) is -0.509. The van der Waals surface area contributed by atoms with Crippen LogP contribution in [0.5, 0.6) is 17.5 Å². The van der Waals surface area contributed by atoms with Crippen molar-refractivity contribution in [2.45, 2.75) is 11.9 Å². The van der Waals surface area contributed by atoms with Crippen LogP contribution in [0.25, 0.3) is 11.3 Å². The number of nitrogens with zero attached hydrogens (tertiary/aromatic N) is 3. The van der Waals surface area contributed by atoms with Gasteiger partial charge >= 0.3 is 6.18 Å². The molecular formula is C19H14F3N5O4S. The second kappa shape index (κ2) is 7.03. The largest absolute Gasteiger partial charge is 0.480 e. The number of nitrogens with one attached hydrogen (secondary N) is 2. The quantitative estimate of drug-likeness (QED) is 0.565. The van der Waals surface area contributed by atoms with Crippen LogP contribution >= 0.6 is 11.3 Å². The Morgan fingerprint density at radius 2 is 1.94 bits per heavy atom. The Balaban J connectivity index is 1.52. The van der Waals surface area contributed by atoms with E-state index in [1.165, 1.54) is 26.6 Å². The number of aromatic nitrogens is 3. The number of carbonyl (C=O) groups is 1. The lowest BCUT2D eigenvalue weighted by molar-refractivity contribution is -0.137. The van der Waals surface area contributed by atoms with Crippen molar-refractivity contribution >= 4 is 22.4 Å². The van der Waals surface area contributed by atoms with Crippen LogP contribution < -0.4 is 24.8 Å². The first-order valence-electron chi connectivity index (χ1n) is 9.17. The van der Waals surface area contributed by atoms with Crippen LogP contribution in [0.2, 0.25) is 0 Å². The van der Waals surface area contributed by atoms with Gasteiger partial charge in [-0.3, -0.25) is 15.4 Å². The predicted octanol–water partition coefficient (Wildman–Crippen LogP) is 3.04. The van der Waals surface area contributed by atoms with Crippen LogP contribution in [0.1, 0.15) is 20.8 Å². The summed E-state index contributed by atoms with van der Waals surface area (Å²) in [4.78, 5) is 25.8. The first kappa shape index (κ1) is 20.5. The molecular weight excluding hydrogens is 451 g/mol. The molecule has 5 rings (SSSR count). The second-order valence-electron chi connectivity index (χ2n) is 6.91. The number of methoxy groups -OCH3 is 2. The van der Waals surface area contributed by atoms with Crippen molar-refractivity contribution in [3.05, 3.63) is 40.5 Å². The van der Waals surface area contributed by atoms with Gasteiger partial charge in [-0.2, -0.15) is 13.2 Å². The van der Waals surface area contributed by atoms with Gasteiger partial charge in [0.15, 0.2) is 10.7 Å². The van der Waals surface area contributed by atoms with Gasteiger partial charge in [0.25, 0.3) is 5.91 Å². The summed E-state index contributed by atoms with van der Waals surface area (Å²) in [6, 6.07) is 3.24. The Bertz CT molecular complexity index is 1220. The Morgan fingerprint density at radius 3 is 2.53 bits per heavy atom. The van der Waals surface area contributed by atoms with E-state index in [0.717, 1.165) is 23.5 Å². The summed E-state index contributed by atoms with van der Waals surface area (Å²) >= 11 is 1.15. The minimum Gasteiger partial charge on any atom is -0.480 e. The van der Waals surface area contributed by atoms with E-state index in [1.54, 1.807) is 0 Å². The number of alkyl halides is 3. The zero-order valence-corrected chi connectivity index (χ0v) is 17.3. The molecule has 1 spiro atoms. The molecule has 2 aliphatic rings. The maximum Gasteiger partial charge on any atom is 0.416 e. The zero-order chi connectivity index (χ0) is 22.7. The molecule has 166 valence electrons. The van der Waals surface area contributed by atoms with Gasteiger partial charge in [-0.25, -0.2) is 15.0 Å². The van der Waals surface area contributed by atoms with Crippen LogP contribution in [0.15, 0.2) is 24.5 Å². The smallest absolute Gasteiger partial charge is 0.416 e. The highest BCUT2D eigenvalue weighted by Crippen LogP contribution is 2.52. The SMILES string of the molecule is COc1ncnc(OC)c1C(=O)Nc1nc2c(s1)C1(CN1)Oc1cc(C(F)(F)F)ccc1-2. The third kappa shape index (κ3) is 3.20. The summed E-state index contributed by atoms with van der Waals surface area (Å²) < 4.78 is 55.5. The molecule has 1 unspecified atom stereocenters. The maximum absolute atomic E-state index is 13.1. The Kier molecular flexibility index (Phi) is 4.49. The Labute approximate surface area is 182 Å². The number of anilines is 1. The van der Waals surface area contributed by atoms with Crippen molar-refractivity contribution in [2.24, 2.45) is 0 Å². The number of benzene rings is 1. The van der Waals surface area contributed by atoms with Crippen LogP contribution in [0.3, 0.4) is 0 Å². The number of halogens is 3. The van der Waals surface area contributed by atoms with E-state index >= 15 is 0 Å². The van der Waals surface area contributed by atoms with Crippen molar-refractivity contribution in [2.75, 3.05) is 26.1 Å². The molecule has 0 saturated carbocycles. The number of carbonyl (C=O) groups excluding carboxylic acids is 1. The van der Waals surface area contributed by atoms with Gasteiger partial charge in [-0.15, -0.1) is 0 Å². The highest BCUT2D eigenvalue weighted by molar-refractivity contribution is 7.16. The van der Waals surface area contributed by atoms with Gasteiger partial charge < -0.3 is 14.2 Å². The van der Waals surface area contributed by atoms with E-state index in [0.29, 0.717) is 22.7 Å². The van der Waals surface area contributed by atoms with E-state index < -0.39 is 23.4 Å². The molecule has 0 bridgehead atoms. The first-order chi connectivity index (χ1) is 15.3. The molecule has 13 heteroatoms. The van der Waals surface area contributed by atoms with Gasteiger partial charge in [0, 0.05) is 5.56 Å². The second-order valence-corrected chi connectivity index (χ2v) is 7.91. The molecule has 1 aromatic carbocycles. The van der Waals surface area contributed by atoms with Crippen molar-refractivity contribution in [3.63, 3.8) is 0 Å². The van der Waals surface area contributed by atoms with Crippen molar-refractivity contribution in [1.82, 2.24) is 20.3 Å². The van der Waals surface area contributed by atoms with Crippen LogP contribution in [-0.4, -0.2) is 41.6 Å². The molecule has 3 aromatic rings. The van der Waals surface area contributed by atoms with Gasteiger partial charge in [0.05, 0.1) is 36.9 Å². The summed E-state index contributed by atoms with van der Waals surface area (Å²) in [5.41, 5.74) is -0.951. The summed E-state index contributed by atoms with van der Waals surface area (Å²) in [6.07, 6.45) is -3.30. The number of fused-ring (bicyclic) bond motifs is 4. The molecule has 1 saturated heterocycles. The molecule has 32 heavy (non-hydrogen) atoms. The average molecular weight is 465 g/mol. The van der Waals surface area contributed by atoms with E-state index in [9.17, 15) is 18.0 Å². The molecule has 2 N–H and O–H groups in total. The molecule has 1 fully saturated rings. The topological polar surface area (TPSA) is 117 Å². The molecule has 1 atom stereocenters. The minimum absolute atomic E-state index is 0.0172. The minimum atomic E-state index is -4.50. The number of ether oxygens (including phenoxy) is 3. The number of rotatable bonds is 4. The summed E-state index contributed by atoms with van der Waals surface area (Å²) in [5, 5.41) is 5.92. The maximum atomic E-state index is 13.1. The first-order valence-corrected chi connectivity index (χ1v) is 9.98. The summed E-state index contributed by atoms with van der Waals surface area (Å²) in [7, 11) is 2.71. The molecule has 0 aliphatic carbocycles. The normalized spacial score (nSPS) is 18.4. The molecule has 9 nitrogen and oxygen atoms in total. The third-order valence-electron chi connectivity index (χ3n) is 4.95. The highest BCUT2D eigenvalue weighted by atomic mass is 32.1. The van der Waals surface area contributed by atoms with Crippen LogP contribution in [0.4, 0.5) is 18.3 Å². The zero-order valence-electron chi connectivity index (χ0n) is 16.5. The fourth-order valence-electron chi connectivity index (χ4n) is 3.37. The van der Waals surface area contributed by atoms with Crippen molar-refractivity contribution < 1.29 is 32.2 Å². The number of hydrogen-bond donors (Lipinski definition) is 2. The lowest BCUT2D eigenvalue weighted by Gasteiger charge is -2.24. The average Bonchev–Trinajstić information content (AvgIpc) is 3.40. The van der Waals surface area contributed by atoms with Crippen molar-refractivity contribution in [1.29, 1.82) is 0 Å². The fraction of sp³-hybridized carbons (Fsp3) is 0.263. The molecule has 2 aliphatic heterocycles. The lowest BCUT2D eigenvalue weighted by Crippen LogP contribution is -2.25. The monoisotopic (exact) mass is 465 g/mol. The van der Waals surface area contributed by atoms with Gasteiger partial charge in [0.2, 0.25) is 17.5 Å². The number of amides is 1. The fourth-order valence-corrected chi connectivity index (χ4v) is 4.45. The van der Waals surface area contributed by atoms with Crippen molar-refractivity contribution in [3.8, 4) is 28.8 Å². The number of hydrogen-bond acceptors (Lipinski definition) is 9. The molecule has 1 amide bonds. The van der Waals surface area contributed by atoms with E-state index in [2.05, 4.69) is 25.6 Å². The van der Waals surface area contributed by atoms with Gasteiger partial charge in [0.1, 0.15) is 12.1 Å². The van der Waals surface area contributed by atoms with Crippen LogP contribution in [0, 0.1) is 0 Å². The summed E-state index contributed by atoms with van der Waals surface area (Å²) in [6.45, 7) is 0.402. The Hall–Kier alpha value is -3.45. The van der Waals surface area contributed by atoms with E-state index in [4.69, 9.17) is 14.2 Å². The molecule has 4 heterocycles. The van der Waals surface area contributed by atoms with Gasteiger partial charge in [-0.05, 0) is 18.2 Å². The number of thiazole rings is 1. The molecule has 2 aromatic heterocycles. The van der Waals surface area contributed by atoms with Crippen LogP contribution in [-0.2, 0) is 11.9 Å². The van der Waals surface area contributed by atoms with E-state index in [1.807, 2.05) is 0 Å². The standard InChI is InChI=1S/C19H14F3N5O4S/c1-29-15-11(16(30-2)24-7-23-15)14(28)27-17-26-12-9-4-3-8(19(20,21)22)5-10(9)31-18(6-25-18)13(12)32-17/h3-5,7,25H,6H2,1-2H3,(H,26,27,28). The van der Waals surface area contributed by atoms with Gasteiger partial charge in [-0.1, -0.05) is 11.3 Å². The Morgan fingerprint density at radius 1 is 1.25 bits per heavy atom. The predicted molar refractivity (Wildman–Crippen MR) is 106 cm³/mol.